The smallest absolute Gasteiger partial charge is 0.0961 e. The standard InChI is InChI=1S/C14H18N2O/c1-3-5-14(17)13-8-9-15-16(13)12-7-4-6-11(2)10-12/h4,6-10,14,17H,3,5H2,1-2H3. The predicted molar refractivity (Wildman–Crippen MR) is 68.2 cm³/mol. The molecule has 0 amide bonds. The van der Waals surface area contributed by atoms with Crippen molar-refractivity contribution in [2.45, 2.75) is 32.8 Å². The van der Waals surface area contributed by atoms with E-state index in [1.807, 2.05) is 22.9 Å². The maximum atomic E-state index is 10.1. The summed E-state index contributed by atoms with van der Waals surface area (Å²) < 4.78 is 1.81. The van der Waals surface area contributed by atoms with Gasteiger partial charge in [0.1, 0.15) is 0 Å². The highest BCUT2D eigenvalue weighted by molar-refractivity contribution is 5.36. The lowest BCUT2D eigenvalue weighted by Crippen LogP contribution is -2.07. The molecule has 1 N–H and O–H groups in total. The van der Waals surface area contributed by atoms with E-state index in [0.29, 0.717) is 0 Å². The number of aryl methyl sites for hydroxylation is 1. The van der Waals surface area contributed by atoms with Crippen LogP contribution >= 0.6 is 0 Å². The molecule has 0 aliphatic rings. The summed E-state index contributed by atoms with van der Waals surface area (Å²) in [6.45, 7) is 4.12. The largest absolute Gasteiger partial charge is 0.387 e. The van der Waals surface area contributed by atoms with E-state index in [4.69, 9.17) is 0 Å². The molecule has 0 fully saturated rings. The van der Waals surface area contributed by atoms with Crippen molar-refractivity contribution in [3.05, 3.63) is 47.8 Å². The van der Waals surface area contributed by atoms with Gasteiger partial charge in [-0.3, -0.25) is 0 Å². The maximum absolute atomic E-state index is 10.1. The third kappa shape index (κ3) is 2.56. The first kappa shape index (κ1) is 11.9. The molecule has 0 bridgehead atoms. The van der Waals surface area contributed by atoms with Gasteiger partial charge in [0.05, 0.1) is 17.5 Å². The molecule has 0 aliphatic heterocycles. The van der Waals surface area contributed by atoms with Gasteiger partial charge in [-0.15, -0.1) is 0 Å². The highest BCUT2D eigenvalue weighted by atomic mass is 16.3. The molecule has 90 valence electrons. The van der Waals surface area contributed by atoms with Crippen LogP contribution in [0.15, 0.2) is 36.5 Å². The van der Waals surface area contributed by atoms with E-state index in [2.05, 4.69) is 31.1 Å². The van der Waals surface area contributed by atoms with Crippen molar-refractivity contribution in [3.63, 3.8) is 0 Å². The number of hydrogen-bond donors (Lipinski definition) is 1. The normalized spacial score (nSPS) is 12.6. The number of hydrogen-bond acceptors (Lipinski definition) is 2. The molecule has 0 saturated heterocycles. The highest BCUT2D eigenvalue weighted by Crippen LogP contribution is 2.21. The van der Waals surface area contributed by atoms with Crippen molar-refractivity contribution in [1.82, 2.24) is 9.78 Å². The summed E-state index contributed by atoms with van der Waals surface area (Å²) in [5.74, 6) is 0. The fourth-order valence-corrected chi connectivity index (χ4v) is 1.96. The maximum Gasteiger partial charge on any atom is 0.0961 e. The van der Waals surface area contributed by atoms with Crippen LogP contribution in [-0.2, 0) is 0 Å². The topological polar surface area (TPSA) is 38.1 Å². The number of rotatable bonds is 4. The minimum atomic E-state index is -0.442. The minimum Gasteiger partial charge on any atom is -0.387 e. The third-order valence-electron chi connectivity index (χ3n) is 2.82. The molecule has 0 aliphatic carbocycles. The zero-order valence-electron chi connectivity index (χ0n) is 10.3. The van der Waals surface area contributed by atoms with Crippen LogP contribution in [0, 0.1) is 6.92 Å². The van der Waals surface area contributed by atoms with Gasteiger partial charge in [-0.05, 0) is 37.1 Å². The second-order valence-corrected chi connectivity index (χ2v) is 4.31. The Labute approximate surface area is 102 Å². The molecule has 1 atom stereocenters. The summed E-state index contributed by atoms with van der Waals surface area (Å²) in [7, 11) is 0. The number of aliphatic hydroxyl groups is 1. The van der Waals surface area contributed by atoms with E-state index < -0.39 is 6.10 Å². The van der Waals surface area contributed by atoms with Crippen molar-refractivity contribution >= 4 is 0 Å². The average molecular weight is 230 g/mol. The second kappa shape index (κ2) is 5.15. The Morgan fingerprint density at radius 1 is 1.35 bits per heavy atom. The molecule has 1 aromatic heterocycles. The molecule has 2 rings (SSSR count). The third-order valence-corrected chi connectivity index (χ3v) is 2.82. The summed E-state index contributed by atoms with van der Waals surface area (Å²) in [6, 6.07) is 10.00. The van der Waals surface area contributed by atoms with E-state index in [1.165, 1.54) is 5.56 Å². The Morgan fingerprint density at radius 2 is 2.18 bits per heavy atom. The fraction of sp³-hybridized carbons (Fsp3) is 0.357. The lowest BCUT2D eigenvalue weighted by atomic mass is 10.1. The van der Waals surface area contributed by atoms with Gasteiger partial charge in [-0.25, -0.2) is 4.68 Å². The lowest BCUT2D eigenvalue weighted by Gasteiger charge is -2.12. The first-order chi connectivity index (χ1) is 8.22. The molecular weight excluding hydrogens is 212 g/mol. The van der Waals surface area contributed by atoms with Crippen LogP contribution in [0.1, 0.15) is 37.1 Å². The molecule has 1 heterocycles. The van der Waals surface area contributed by atoms with Gasteiger partial charge < -0.3 is 5.11 Å². The Balaban J connectivity index is 2.36. The van der Waals surface area contributed by atoms with Gasteiger partial charge in [0.2, 0.25) is 0 Å². The summed E-state index contributed by atoms with van der Waals surface area (Å²) in [5.41, 5.74) is 3.05. The van der Waals surface area contributed by atoms with Crippen molar-refractivity contribution < 1.29 is 5.11 Å². The van der Waals surface area contributed by atoms with Crippen LogP contribution in [0.5, 0.6) is 0 Å². The Morgan fingerprint density at radius 3 is 2.88 bits per heavy atom. The van der Waals surface area contributed by atoms with Crippen molar-refractivity contribution in [2.75, 3.05) is 0 Å². The molecule has 0 spiro atoms. The Kier molecular flexibility index (Phi) is 3.59. The summed E-state index contributed by atoms with van der Waals surface area (Å²) in [4.78, 5) is 0. The number of nitrogens with zero attached hydrogens (tertiary/aromatic N) is 2. The quantitative estimate of drug-likeness (QED) is 0.876. The van der Waals surface area contributed by atoms with Gasteiger partial charge in [0, 0.05) is 6.20 Å². The monoisotopic (exact) mass is 230 g/mol. The van der Waals surface area contributed by atoms with E-state index in [0.717, 1.165) is 24.2 Å². The van der Waals surface area contributed by atoms with Crippen molar-refractivity contribution in [1.29, 1.82) is 0 Å². The summed E-state index contributed by atoms with van der Waals surface area (Å²) in [6.07, 6.45) is 3.01. The molecule has 3 heteroatoms. The summed E-state index contributed by atoms with van der Waals surface area (Å²) >= 11 is 0. The van der Waals surface area contributed by atoms with Crippen LogP contribution in [0.2, 0.25) is 0 Å². The van der Waals surface area contributed by atoms with Crippen molar-refractivity contribution in [2.24, 2.45) is 0 Å². The molecular formula is C14H18N2O. The zero-order chi connectivity index (χ0) is 12.3. The molecule has 3 nitrogen and oxygen atoms in total. The van der Waals surface area contributed by atoms with Crippen LogP contribution in [0.4, 0.5) is 0 Å². The van der Waals surface area contributed by atoms with Crippen LogP contribution < -0.4 is 0 Å². The lowest BCUT2D eigenvalue weighted by molar-refractivity contribution is 0.159. The second-order valence-electron chi connectivity index (χ2n) is 4.31. The SMILES string of the molecule is CCCC(O)c1ccnn1-c1cccc(C)c1. The first-order valence-corrected chi connectivity index (χ1v) is 6.01. The van der Waals surface area contributed by atoms with Crippen LogP contribution in [-0.4, -0.2) is 14.9 Å². The first-order valence-electron chi connectivity index (χ1n) is 6.01. The molecule has 1 unspecified atom stereocenters. The van der Waals surface area contributed by atoms with E-state index >= 15 is 0 Å². The summed E-state index contributed by atoms with van der Waals surface area (Å²) in [5, 5.41) is 14.3. The Hall–Kier alpha value is -1.61. The van der Waals surface area contributed by atoms with Gasteiger partial charge in [0.25, 0.3) is 0 Å². The van der Waals surface area contributed by atoms with E-state index in [-0.39, 0.29) is 0 Å². The molecule has 1 aromatic carbocycles. The fourth-order valence-electron chi connectivity index (χ4n) is 1.96. The predicted octanol–water partition coefficient (Wildman–Crippen LogP) is 3.01. The van der Waals surface area contributed by atoms with Gasteiger partial charge in [-0.2, -0.15) is 5.10 Å². The number of aliphatic hydroxyl groups excluding tert-OH is 1. The zero-order valence-corrected chi connectivity index (χ0v) is 10.3. The number of benzene rings is 1. The molecule has 17 heavy (non-hydrogen) atoms. The van der Waals surface area contributed by atoms with E-state index in [9.17, 15) is 5.11 Å². The van der Waals surface area contributed by atoms with Gasteiger partial charge in [0.15, 0.2) is 0 Å². The van der Waals surface area contributed by atoms with Gasteiger partial charge >= 0.3 is 0 Å². The number of aromatic nitrogens is 2. The van der Waals surface area contributed by atoms with Crippen LogP contribution in [0.25, 0.3) is 5.69 Å². The molecule has 0 radical (unpaired) electrons. The minimum absolute atomic E-state index is 0.442. The molecule has 0 saturated carbocycles. The Bertz CT molecular complexity index is 490. The van der Waals surface area contributed by atoms with Crippen molar-refractivity contribution in [3.8, 4) is 5.69 Å². The molecule has 2 aromatic rings. The average Bonchev–Trinajstić information content (AvgIpc) is 2.78. The van der Waals surface area contributed by atoms with Gasteiger partial charge in [-0.1, -0.05) is 25.5 Å². The van der Waals surface area contributed by atoms with Crippen LogP contribution in [0.3, 0.4) is 0 Å². The highest BCUT2D eigenvalue weighted by Gasteiger charge is 2.13. The van der Waals surface area contributed by atoms with E-state index in [1.54, 1.807) is 6.20 Å².